The van der Waals surface area contributed by atoms with Gasteiger partial charge in [0.25, 0.3) is 5.91 Å². The molecule has 2 amide bonds. The normalized spacial score (nSPS) is 16.6. The minimum absolute atomic E-state index is 0.0741. The summed E-state index contributed by atoms with van der Waals surface area (Å²) in [5.74, 6) is -1.07. The van der Waals surface area contributed by atoms with Crippen LogP contribution in [0.1, 0.15) is 33.1 Å². The molecular formula is C17H22N2O5. The maximum absolute atomic E-state index is 11.9. The summed E-state index contributed by atoms with van der Waals surface area (Å²) in [6.07, 6.45) is 1.63. The van der Waals surface area contributed by atoms with Crippen LogP contribution in [-0.2, 0) is 14.4 Å². The number of carbonyl (C=O) groups excluding carboxylic acids is 2. The van der Waals surface area contributed by atoms with Crippen LogP contribution in [0, 0.1) is 0 Å². The van der Waals surface area contributed by atoms with Gasteiger partial charge in [0.05, 0.1) is 0 Å². The highest BCUT2D eigenvalue weighted by Crippen LogP contribution is 2.25. The van der Waals surface area contributed by atoms with Gasteiger partial charge in [-0.3, -0.25) is 9.59 Å². The van der Waals surface area contributed by atoms with Gasteiger partial charge in [-0.25, -0.2) is 4.79 Å². The lowest BCUT2D eigenvalue weighted by Crippen LogP contribution is -2.53. The smallest absolute Gasteiger partial charge is 0.329 e. The predicted octanol–water partition coefficient (Wildman–Crippen LogP) is 1.56. The van der Waals surface area contributed by atoms with E-state index in [0.29, 0.717) is 18.7 Å². The number of carbonyl (C=O) groups is 3. The van der Waals surface area contributed by atoms with E-state index in [1.165, 1.54) is 6.92 Å². The summed E-state index contributed by atoms with van der Waals surface area (Å²) in [6, 6.07) is 6.95. The van der Waals surface area contributed by atoms with Crippen LogP contribution < -0.4 is 15.0 Å². The van der Waals surface area contributed by atoms with Crippen molar-refractivity contribution in [3.8, 4) is 5.75 Å². The van der Waals surface area contributed by atoms with Crippen LogP contribution in [0.2, 0.25) is 0 Å². The quantitative estimate of drug-likeness (QED) is 0.789. The summed E-state index contributed by atoms with van der Waals surface area (Å²) < 4.78 is 5.43. The third-order valence-electron chi connectivity index (χ3n) is 4.17. The molecular weight excluding hydrogens is 312 g/mol. The Kier molecular flexibility index (Phi) is 5.43. The third-order valence-corrected chi connectivity index (χ3v) is 4.17. The summed E-state index contributed by atoms with van der Waals surface area (Å²) in [4.78, 5) is 36.6. The molecule has 1 aromatic carbocycles. The molecule has 0 bridgehead atoms. The van der Waals surface area contributed by atoms with Crippen LogP contribution in [0.5, 0.6) is 5.75 Å². The molecule has 130 valence electrons. The molecule has 0 spiro atoms. The molecule has 1 fully saturated rings. The molecule has 0 aromatic heterocycles. The molecule has 7 nitrogen and oxygen atoms in total. The number of carboxylic acid groups (broad SMARTS) is 1. The van der Waals surface area contributed by atoms with E-state index in [4.69, 9.17) is 9.84 Å². The van der Waals surface area contributed by atoms with Crippen molar-refractivity contribution < 1.29 is 24.2 Å². The molecule has 1 aliphatic heterocycles. The number of rotatable bonds is 7. The fraction of sp³-hybridized carbons (Fsp3) is 0.471. The van der Waals surface area contributed by atoms with Crippen molar-refractivity contribution in [2.75, 3.05) is 18.1 Å². The summed E-state index contributed by atoms with van der Waals surface area (Å²) in [5.41, 5.74) is -0.580. The van der Waals surface area contributed by atoms with Gasteiger partial charge in [-0.1, -0.05) is 13.0 Å². The number of hydrogen-bond donors (Lipinski definition) is 2. The van der Waals surface area contributed by atoms with Crippen LogP contribution in [0.3, 0.4) is 0 Å². The van der Waals surface area contributed by atoms with Crippen molar-refractivity contribution in [1.82, 2.24) is 5.32 Å². The first-order valence-corrected chi connectivity index (χ1v) is 7.93. The number of benzene rings is 1. The standard InChI is InChI=1S/C17H22N2O5/c1-3-17(2,16(22)23)18-14(20)11-24-13-7-4-6-12(10-13)19-9-5-8-15(19)21/h4,6-7,10H,3,5,8-9,11H2,1-2H3,(H,18,20)(H,22,23). The summed E-state index contributed by atoms with van der Waals surface area (Å²) in [6.45, 7) is 3.52. The topological polar surface area (TPSA) is 95.9 Å². The molecule has 1 unspecified atom stereocenters. The molecule has 0 radical (unpaired) electrons. The molecule has 2 N–H and O–H groups in total. The van der Waals surface area contributed by atoms with Gasteiger partial charge in [0.1, 0.15) is 11.3 Å². The Morgan fingerprint density at radius 1 is 1.42 bits per heavy atom. The monoisotopic (exact) mass is 334 g/mol. The average Bonchev–Trinajstić information content (AvgIpc) is 2.99. The van der Waals surface area contributed by atoms with E-state index >= 15 is 0 Å². The van der Waals surface area contributed by atoms with Crippen molar-refractivity contribution >= 4 is 23.5 Å². The Morgan fingerprint density at radius 3 is 2.75 bits per heavy atom. The first-order chi connectivity index (χ1) is 11.4. The van der Waals surface area contributed by atoms with Gasteiger partial charge in [0.2, 0.25) is 5.91 Å². The molecule has 1 aromatic rings. The summed E-state index contributed by atoms with van der Waals surface area (Å²) in [5, 5.41) is 11.6. The van der Waals surface area contributed by atoms with Crippen molar-refractivity contribution in [1.29, 1.82) is 0 Å². The van der Waals surface area contributed by atoms with Crippen LogP contribution >= 0.6 is 0 Å². The zero-order valence-electron chi connectivity index (χ0n) is 13.9. The molecule has 7 heteroatoms. The fourth-order valence-electron chi connectivity index (χ4n) is 2.45. The van der Waals surface area contributed by atoms with Gasteiger partial charge in [-0.2, -0.15) is 0 Å². The number of anilines is 1. The van der Waals surface area contributed by atoms with Gasteiger partial charge in [0.15, 0.2) is 6.61 Å². The lowest BCUT2D eigenvalue weighted by Gasteiger charge is -2.24. The van der Waals surface area contributed by atoms with Crippen LogP contribution in [0.15, 0.2) is 24.3 Å². The van der Waals surface area contributed by atoms with Gasteiger partial charge in [-0.05, 0) is 31.9 Å². The second kappa shape index (κ2) is 7.33. The lowest BCUT2D eigenvalue weighted by molar-refractivity contribution is -0.147. The Balaban J connectivity index is 1.96. The van der Waals surface area contributed by atoms with Gasteiger partial charge in [-0.15, -0.1) is 0 Å². The Morgan fingerprint density at radius 2 is 2.17 bits per heavy atom. The first-order valence-electron chi connectivity index (χ1n) is 7.93. The maximum Gasteiger partial charge on any atom is 0.329 e. The van der Waals surface area contributed by atoms with E-state index in [1.807, 2.05) is 6.07 Å². The number of aliphatic carboxylic acids is 1. The van der Waals surface area contributed by atoms with E-state index in [0.717, 1.165) is 12.1 Å². The van der Waals surface area contributed by atoms with Crippen LogP contribution in [0.4, 0.5) is 5.69 Å². The molecule has 1 heterocycles. The number of nitrogens with zero attached hydrogens (tertiary/aromatic N) is 1. The van der Waals surface area contributed by atoms with E-state index in [1.54, 1.807) is 30.0 Å². The second-order valence-electron chi connectivity index (χ2n) is 5.97. The van der Waals surface area contributed by atoms with Gasteiger partial charge in [0, 0.05) is 24.7 Å². The summed E-state index contributed by atoms with van der Waals surface area (Å²) >= 11 is 0. The highest BCUT2D eigenvalue weighted by molar-refractivity contribution is 5.95. The largest absolute Gasteiger partial charge is 0.484 e. The fourth-order valence-corrected chi connectivity index (χ4v) is 2.45. The van der Waals surface area contributed by atoms with Crippen LogP contribution in [0.25, 0.3) is 0 Å². The zero-order valence-corrected chi connectivity index (χ0v) is 13.9. The van der Waals surface area contributed by atoms with E-state index < -0.39 is 17.4 Å². The Hall–Kier alpha value is -2.57. The first kappa shape index (κ1) is 17.8. The SMILES string of the molecule is CCC(C)(NC(=O)COc1cccc(N2CCCC2=O)c1)C(=O)O. The number of hydrogen-bond acceptors (Lipinski definition) is 4. The van der Waals surface area contributed by atoms with Gasteiger partial charge < -0.3 is 20.1 Å². The molecule has 2 rings (SSSR count). The summed E-state index contributed by atoms with van der Waals surface area (Å²) in [7, 11) is 0. The average molecular weight is 334 g/mol. The van der Waals surface area contributed by atoms with Crippen molar-refractivity contribution in [2.45, 2.75) is 38.6 Å². The third kappa shape index (κ3) is 4.04. The van der Waals surface area contributed by atoms with Crippen molar-refractivity contribution in [2.24, 2.45) is 0 Å². The molecule has 0 aliphatic carbocycles. The molecule has 0 saturated carbocycles. The Bertz CT molecular complexity index is 646. The highest BCUT2D eigenvalue weighted by Gasteiger charge is 2.32. The predicted molar refractivity (Wildman–Crippen MR) is 88.0 cm³/mol. The number of nitrogens with one attached hydrogen (secondary N) is 1. The molecule has 24 heavy (non-hydrogen) atoms. The van der Waals surface area contributed by atoms with Crippen molar-refractivity contribution in [3.05, 3.63) is 24.3 Å². The highest BCUT2D eigenvalue weighted by atomic mass is 16.5. The lowest BCUT2D eigenvalue weighted by atomic mass is 9.99. The molecule has 1 atom stereocenters. The maximum atomic E-state index is 11.9. The van der Waals surface area contributed by atoms with E-state index in [9.17, 15) is 14.4 Å². The second-order valence-corrected chi connectivity index (χ2v) is 5.97. The Labute approximate surface area is 140 Å². The van der Waals surface area contributed by atoms with E-state index in [2.05, 4.69) is 5.32 Å². The number of amides is 2. The zero-order chi connectivity index (χ0) is 17.7. The van der Waals surface area contributed by atoms with E-state index in [-0.39, 0.29) is 18.9 Å². The minimum atomic E-state index is -1.32. The molecule has 1 saturated heterocycles. The van der Waals surface area contributed by atoms with Crippen molar-refractivity contribution in [3.63, 3.8) is 0 Å². The van der Waals surface area contributed by atoms with Crippen LogP contribution in [-0.4, -0.2) is 41.6 Å². The minimum Gasteiger partial charge on any atom is -0.484 e. The van der Waals surface area contributed by atoms with Gasteiger partial charge >= 0.3 is 5.97 Å². The molecule has 1 aliphatic rings. The number of carboxylic acids is 1. The number of ether oxygens (including phenoxy) is 1.